The second-order valence-electron chi connectivity index (χ2n) is 4.08. The zero-order valence-corrected chi connectivity index (χ0v) is 7.40. The molecule has 2 amide bonds. The third-order valence-corrected chi connectivity index (χ3v) is 3.50. The molecular weight excluding hydrogens is 170 g/mol. The lowest BCUT2D eigenvalue weighted by molar-refractivity contribution is -0.140. The number of fused-ring (bicyclic) bond motifs is 5. The Hall–Kier alpha value is -0.900. The molecule has 0 aliphatic carbocycles. The number of amides is 2. The van der Waals surface area contributed by atoms with Crippen LogP contribution in [-0.2, 0) is 14.3 Å². The molecule has 4 atom stereocenters. The van der Waals surface area contributed by atoms with Crippen molar-refractivity contribution in [3.8, 4) is 0 Å². The lowest BCUT2D eigenvalue weighted by Crippen LogP contribution is -2.30. The predicted octanol–water partition coefficient (Wildman–Crippen LogP) is -0.221. The molecule has 3 fully saturated rings. The van der Waals surface area contributed by atoms with E-state index >= 15 is 0 Å². The fraction of sp³-hybridized carbons (Fsp3) is 0.778. The van der Waals surface area contributed by atoms with Gasteiger partial charge in [-0.15, -0.1) is 0 Å². The summed E-state index contributed by atoms with van der Waals surface area (Å²) in [4.78, 5) is 24.5. The van der Waals surface area contributed by atoms with Crippen LogP contribution >= 0.6 is 0 Å². The normalized spacial score (nSPS) is 47.6. The van der Waals surface area contributed by atoms with E-state index in [2.05, 4.69) is 0 Å². The highest BCUT2D eigenvalue weighted by molar-refractivity contribution is 6.06. The second kappa shape index (κ2) is 2.12. The summed E-state index contributed by atoms with van der Waals surface area (Å²) in [6, 6.07) is 0. The van der Waals surface area contributed by atoms with E-state index in [1.165, 1.54) is 4.90 Å². The molecule has 0 aromatic heterocycles. The molecule has 2 bridgehead atoms. The van der Waals surface area contributed by atoms with Gasteiger partial charge in [0.05, 0.1) is 24.0 Å². The van der Waals surface area contributed by atoms with Crippen LogP contribution in [0.3, 0.4) is 0 Å². The number of likely N-dealkylation sites (tertiary alicyclic amines) is 1. The molecule has 3 aliphatic heterocycles. The van der Waals surface area contributed by atoms with E-state index in [4.69, 9.17) is 4.74 Å². The topological polar surface area (TPSA) is 46.6 Å². The summed E-state index contributed by atoms with van der Waals surface area (Å²) in [5.74, 6) is -0.392. The van der Waals surface area contributed by atoms with Gasteiger partial charge in [-0.3, -0.25) is 14.5 Å². The molecule has 3 saturated heterocycles. The number of carbonyl (C=O) groups is 2. The van der Waals surface area contributed by atoms with Crippen LogP contribution in [-0.4, -0.2) is 36.0 Å². The van der Waals surface area contributed by atoms with Gasteiger partial charge in [0.2, 0.25) is 11.8 Å². The molecule has 3 aliphatic rings. The lowest BCUT2D eigenvalue weighted by Gasteiger charge is -2.15. The zero-order valence-electron chi connectivity index (χ0n) is 7.40. The largest absolute Gasteiger partial charge is 0.373 e. The van der Waals surface area contributed by atoms with Crippen molar-refractivity contribution in [3.05, 3.63) is 0 Å². The average molecular weight is 181 g/mol. The molecule has 4 unspecified atom stereocenters. The number of imide groups is 1. The van der Waals surface area contributed by atoms with Crippen molar-refractivity contribution in [1.82, 2.24) is 4.90 Å². The molecule has 0 saturated carbocycles. The van der Waals surface area contributed by atoms with Gasteiger partial charge in [0.1, 0.15) is 0 Å². The maximum Gasteiger partial charge on any atom is 0.235 e. The molecule has 0 radical (unpaired) electrons. The van der Waals surface area contributed by atoms with E-state index < -0.39 is 0 Å². The molecule has 0 aromatic carbocycles. The first-order valence-electron chi connectivity index (χ1n) is 4.67. The van der Waals surface area contributed by atoms with Crippen LogP contribution in [0.15, 0.2) is 0 Å². The van der Waals surface area contributed by atoms with E-state index in [0.29, 0.717) is 0 Å². The van der Waals surface area contributed by atoms with Crippen LogP contribution in [0.2, 0.25) is 0 Å². The van der Waals surface area contributed by atoms with Crippen molar-refractivity contribution in [2.45, 2.75) is 25.0 Å². The van der Waals surface area contributed by atoms with Crippen molar-refractivity contribution in [3.63, 3.8) is 0 Å². The SMILES string of the molecule is CN1C(=O)C2C3CCC(O3)C2C1=O. The Labute approximate surface area is 75.8 Å². The van der Waals surface area contributed by atoms with Gasteiger partial charge in [0, 0.05) is 7.05 Å². The average Bonchev–Trinajstić information content (AvgIpc) is 2.76. The molecule has 4 nitrogen and oxygen atoms in total. The summed E-state index contributed by atoms with van der Waals surface area (Å²) in [7, 11) is 1.57. The van der Waals surface area contributed by atoms with E-state index in [1.807, 2.05) is 0 Å². The van der Waals surface area contributed by atoms with E-state index in [0.717, 1.165) is 12.8 Å². The number of hydrogen-bond donors (Lipinski definition) is 0. The van der Waals surface area contributed by atoms with Crippen molar-refractivity contribution < 1.29 is 14.3 Å². The quantitative estimate of drug-likeness (QED) is 0.485. The fourth-order valence-corrected chi connectivity index (χ4v) is 2.86. The fourth-order valence-electron chi connectivity index (χ4n) is 2.86. The first-order chi connectivity index (χ1) is 6.20. The summed E-state index contributed by atoms with van der Waals surface area (Å²) in [5.41, 5.74) is 0. The van der Waals surface area contributed by atoms with Crippen LogP contribution in [0, 0.1) is 11.8 Å². The summed E-state index contributed by atoms with van der Waals surface area (Å²) in [5, 5.41) is 0. The van der Waals surface area contributed by atoms with Crippen LogP contribution in [0.1, 0.15) is 12.8 Å². The Kier molecular flexibility index (Phi) is 1.22. The number of rotatable bonds is 0. The maximum atomic E-state index is 11.6. The standard InChI is InChI=1S/C9H11NO3/c1-10-8(11)6-4-2-3-5(13-4)7(6)9(10)12/h4-7H,2-3H2,1H3. The minimum atomic E-state index is -0.156. The van der Waals surface area contributed by atoms with Crippen LogP contribution in [0.25, 0.3) is 0 Å². The van der Waals surface area contributed by atoms with Gasteiger partial charge < -0.3 is 4.74 Å². The highest BCUT2D eigenvalue weighted by atomic mass is 16.5. The van der Waals surface area contributed by atoms with Gasteiger partial charge in [-0.1, -0.05) is 0 Å². The minimum absolute atomic E-state index is 0.0244. The lowest BCUT2D eigenvalue weighted by atomic mass is 9.81. The van der Waals surface area contributed by atoms with E-state index in [-0.39, 0.29) is 35.9 Å². The van der Waals surface area contributed by atoms with Gasteiger partial charge in [-0.2, -0.15) is 0 Å². The van der Waals surface area contributed by atoms with Gasteiger partial charge in [0.25, 0.3) is 0 Å². The Bertz CT molecular complexity index is 273. The third-order valence-electron chi connectivity index (χ3n) is 3.50. The van der Waals surface area contributed by atoms with Gasteiger partial charge in [-0.25, -0.2) is 0 Å². The summed E-state index contributed by atoms with van der Waals surface area (Å²) < 4.78 is 5.56. The Balaban J connectivity index is 2.03. The monoisotopic (exact) mass is 181 g/mol. The highest BCUT2D eigenvalue weighted by Crippen LogP contribution is 2.47. The van der Waals surface area contributed by atoms with Gasteiger partial charge in [0.15, 0.2) is 0 Å². The smallest absolute Gasteiger partial charge is 0.235 e. The van der Waals surface area contributed by atoms with Crippen molar-refractivity contribution in [2.75, 3.05) is 7.05 Å². The van der Waals surface area contributed by atoms with Crippen molar-refractivity contribution in [1.29, 1.82) is 0 Å². The molecule has 0 spiro atoms. The van der Waals surface area contributed by atoms with Crippen molar-refractivity contribution >= 4 is 11.8 Å². The molecule has 3 rings (SSSR count). The van der Waals surface area contributed by atoms with E-state index in [9.17, 15) is 9.59 Å². The molecule has 0 N–H and O–H groups in total. The van der Waals surface area contributed by atoms with Crippen molar-refractivity contribution in [2.24, 2.45) is 11.8 Å². The summed E-state index contributed by atoms with van der Waals surface area (Å²) in [6.07, 6.45) is 1.94. The maximum absolute atomic E-state index is 11.6. The molecule has 13 heavy (non-hydrogen) atoms. The Morgan fingerprint density at radius 3 is 2.08 bits per heavy atom. The molecule has 70 valence electrons. The molecule has 4 heteroatoms. The Morgan fingerprint density at radius 2 is 1.62 bits per heavy atom. The van der Waals surface area contributed by atoms with E-state index in [1.54, 1.807) is 7.05 Å². The minimum Gasteiger partial charge on any atom is -0.373 e. The van der Waals surface area contributed by atoms with Crippen LogP contribution in [0.4, 0.5) is 0 Å². The number of carbonyl (C=O) groups excluding carboxylic acids is 2. The van der Waals surface area contributed by atoms with Crippen LogP contribution < -0.4 is 0 Å². The second-order valence-corrected chi connectivity index (χ2v) is 4.08. The van der Waals surface area contributed by atoms with Gasteiger partial charge in [-0.05, 0) is 12.8 Å². The molecular formula is C9H11NO3. The first-order valence-corrected chi connectivity index (χ1v) is 4.67. The third kappa shape index (κ3) is 0.705. The highest BCUT2D eigenvalue weighted by Gasteiger charge is 2.61. The first kappa shape index (κ1) is 7.50. The van der Waals surface area contributed by atoms with Gasteiger partial charge >= 0.3 is 0 Å². The predicted molar refractivity (Wildman–Crippen MR) is 42.7 cm³/mol. The molecule has 0 aromatic rings. The molecule has 3 heterocycles. The number of hydrogen-bond acceptors (Lipinski definition) is 3. The summed E-state index contributed by atoms with van der Waals surface area (Å²) in [6.45, 7) is 0. The van der Waals surface area contributed by atoms with Crippen LogP contribution in [0.5, 0.6) is 0 Å². The number of ether oxygens (including phenoxy) is 1. The summed E-state index contributed by atoms with van der Waals surface area (Å²) >= 11 is 0. The Morgan fingerprint density at radius 1 is 1.15 bits per heavy atom. The number of nitrogens with zero attached hydrogens (tertiary/aromatic N) is 1. The zero-order chi connectivity index (χ0) is 9.16.